The summed E-state index contributed by atoms with van der Waals surface area (Å²) in [6.45, 7) is 2.39. The average Bonchev–Trinajstić information content (AvgIpc) is 3.27. The van der Waals surface area contributed by atoms with Crippen LogP contribution in [-0.2, 0) is 16.1 Å². The molecule has 0 bridgehead atoms. The predicted octanol–water partition coefficient (Wildman–Crippen LogP) is 4.60. The molecule has 32 heavy (non-hydrogen) atoms. The van der Waals surface area contributed by atoms with Crippen LogP contribution < -0.4 is 10.2 Å². The number of para-hydroxylation sites is 2. The number of nitrogens with zero attached hydrogens (tertiary/aromatic N) is 3. The highest BCUT2D eigenvalue weighted by Crippen LogP contribution is 2.37. The van der Waals surface area contributed by atoms with Crippen LogP contribution in [0.25, 0.3) is 11.0 Å². The van der Waals surface area contributed by atoms with Crippen molar-refractivity contribution in [3.63, 3.8) is 0 Å². The number of anilines is 2. The van der Waals surface area contributed by atoms with E-state index in [1.54, 1.807) is 4.90 Å². The van der Waals surface area contributed by atoms with Crippen LogP contribution in [0.15, 0.2) is 72.8 Å². The number of hydrogen-bond acceptors (Lipinski definition) is 3. The van der Waals surface area contributed by atoms with Crippen LogP contribution in [0.5, 0.6) is 0 Å². The summed E-state index contributed by atoms with van der Waals surface area (Å²) in [7, 11) is 0. The molecule has 1 aliphatic heterocycles. The zero-order valence-corrected chi connectivity index (χ0v) is 17.5. The molecule has 1 unspecified atom stereocenters. The number of benzene rings is 3. The normalized spacial score (nSPS) is 15.2. The van der Waals surface area contributed by atoms with Gasteiger partial charge >= 0.3 is 0 Å². The number of aromatic nitrogens is 2. The number of carbonyl (C=O) groups is 2. The molecule has 1 aromatic heterocycles. The second kappa shape index (κ2) is 7.92. The summed E-state index contributed by atoms with van der Waals surface area (Å²) in [5.74, 6) is -0.337. The van der Waals surface area contributed by atoms with Gasteiger partial charge in [0, 0.05) is 5.69 Å². The molecule has 4 aromatic rings. The van der Waals surface area contributed by atoms with Crippen molar-refractivity contribution in [2.24, 2.45) is 0 Å². The number of amides is 2. The number of nitrogens with one attached hydrogen (secondary N) is 1. The zero-order valence-electron chi connectivity index (χ0n) is 17.5. The molecule has 0 fully saturated rings. The van der Waals surface area contributed by atoms with E-state index in [-0.39, 0.29) is 24.1 Å². The highest BCUT2D eigenvalue weighted by Gasteiger charge is 2.40. The Morgan fingerprint density at radius 3 is 2.50 bits per heavy atom. The van der Waals surface area contributed by atoms with Crippen molar-refractivity contribution in [2.45, 2.75) is 25.9 Å². The molecular formula is C25H21FN4O2. The Balaban J connectivity index is 1.46. The average molecular weight is 428 g/mol. The van der Waals surface area contributed by atoms with Crippen molar-refractivity contribution in [1.29, 1.82) is 0 Å². The summed E-state index contributed by atoms with van der Waals surface area (Å²) in [6, 6.07) is 20.4. The molecular weight excluding hydrogens is 407 g/mol. The lowest BCUT2D eigenvalue weighted by Gasteiger charge is -2.16. The van der Waals surface area contributed by atoms with E-state index in [2.05, 4.69) is 10.3 Å². The van der Waals surface area contributed by atoms with Gasteiger partial charge in [0.15, 0.2) is 0 Å². The number of rotatable bonds is 5. The molecule has 0 radical (unpaired) electrons. The summed E-state index contributed by atoms with van der Waals surface area (Å²) in [5, 5.41) is 2.75. The number of hydrogen-bond donors (Lipinski definition) is 1. The molecule has 7 heteroatoms. The van der Waals surface area contributed by atoms with E-state index in [0.29, 0.717) is 18.2 Å². The summed E-state index contributed by atoms with van der Waals surface area (Å²) in [6.07, 6.45) is -0.0477. The van der Waals surface area contributed by atoms with Crippen LogP contribution in [0.4, 0.5) is 16.0 Å². The van der Waals surface area contributed by atoms with Gasteiger partial charge in [0.05, 0.1) is 24.0 Å². The molecule has 2 heterocycles. The Morgan fingerprint density at radius 1 is 1.03 bits per heavy atom. The molecule has 0 saturated carbocycles. The van der Waals surface area contributed by atoms with E-state index in [0.717, 1.165) is 22.2 Å². The van der Waals surface area contributed by atoms with Gasteiger partial charge in [-0.25, -0.2) is 9.37 Å². The van der Waals surface area contributed by atoms with E-state index in [4.69, 9.17) is 0 Å². The number of carbonyl (C=O) groups excluding carboxylic acids is 2. The van der Waals surface area contributed by atoms with Gasteiger partial charge in [-0.15, -0.1) is 0 Å². The molecule has 0 saturated heterocycles. The van der Waals surface area contributed by atoms with Crippen LogP contribution in [0, 0.1) is 12.7 Å². The van der Waals surface area contributed by atoms with Crippen LogP contribution in [-0.4, -0.2) is 21.4 Å². The molecule has 1 N–H and O–H groups in total. The lowest BCUT2D eigenvalue weighted by Crippen LogP contribution is -2.31. The third-order valence-corrected chi connectivity index (χ3v) is 5.65. The molecule has 0 spiro atoms. The topological polar surface area (TPSA) is 67.2 Å². The quantitative estimate of drug-likeness (QED) is 0.505. The minimum Gasteiger partial charge on any atom is -0.326 e. The molecule has 1 atom stereocenters. The number of halogens is 1. The molecule has 6 nitrogen and oxygen atoms in total. The maximum atomic E-state index is 13.4. The van der Waals surface area contributed by atoms with E-state index >= 15 is 0 Å². The van der Waals surface area contributed by atoms with Crippen molar-refractivity contribution in [2.75, 3.05) is 10.2 Å². The van der Waals surface area contributed by atoms with Crippen molar-refractivity contribution in [3.8, 4) is 0 Å². The lowest BCUT2D eigenvalue weighted by atomic mass is 10.1. The Morgan fingerprint density at radius 2 is 1.75 bits per heavy atom. The first-order chi connectivity index (χ1) is 15.5. The van der Waals surface area contributed by atoms with E-state index < -0.39 is 6.04 Å². The van der Waals surface area contributed by atoms with Crippen LogP contribution in [0.2, 0.25) is 0 Å². The van der Waals surface area contributed by atoms with Gasteiger partial charge in [0.25, 0.3) is 5.91 Å². The van der Waals surface area contributed by atoms with Gasteiger partial charge in [0.2, 0.25) is 11.9 Å². The van der Waals surface area contributed by atoms with Crippen LogP contribution in [0.1, 0.15) is 23.6 Å². The van der Waals surface area contributed by atoms with Gasteiger partial charge in [-0.05, 0) is 48.9 Å². The monoisotopic (exact) mass is 428 g/mol. The second-order valence-electron chi connectivity index (χ2n) is 7.96. The number of aryl methyl sites for hydroxylation is 1. The van der Waals surface area contributed by atoms with E-state index in [1.165, 1.54) is 24.3 Å². The maximum absolute atomic E-state index is 13.4. The van der Waals surface area contributed by atoms with Crippen molar-refractivity contribution >= 4 is 34.5 Å². The minimum absolute atomic E-state index is 0.0477. The summed E-state index contributed by atoms with van der Waals surface area (Å²) < 4.78 is 15.0. The summed E-state index contributed by atoms with van der Waals surface area (Å²) in [5.41, 5.74) is 4.19. The third-order valence-electron chi connectivity index (χ3n) is 5.65. The van der Waals surface area contributed by atoms with Crippen LogP contribution in [0.3, 0.4) is 0 Å². The van der Waals surface area contributed by atoms with Crippen LogP contribution >= 0.6 is 0 Å². The fourth-order valence-corrected chi connectivity index (χ4v) is 4.04. The van der Waals surface area contributed by atoms with Gasteiger partial charge in [-0.2, -0.15) is 0 Å². The van der Waals surface area contributed by atoms with Crippen molar-refractivity contribution < 1.29 is 14.0 Å². The van der Waals surface area contributed by atoms with E-state index in [1.807, 2.05) is 60.0 Å². The highest BCUT2D eigenvalue weighted by atomic mass is 19.1. The number of fused-ring (bicyclic) bond motifs is 3. The second-order valence-corrected chi connectivity index (χ2v) is 7.96. The molecule has 1 aliphatic rings. The Kier molecular flexibility index (Phi) is 4.93. The first kappa shape index (κ1) is 19.9. The lowest BCUT2D eigenvalue weighted by molar-refractivity contribution is -0.124. The first-order valence-electron chi connectivity index (χ1n) is 10.4. The van der Waals surface area contributed by atoms with Gasteiger partial charge in [0.1, 0.15) is 11.9 Å². The fraction of sp³-hybridized carbons (Fsp3) is 0.160. The molecule has 2 amide bonds. The highest BCUT2D eigenvalue weighted by molar-refractivity contribution is 6.05. The smallest absolute Gasteiger partial charge is 0.253 e. The maximum Gasteiger partial charge on any atom is 0.253 e. The van der Waals surface area contributed by atoms with E-state index in [9.17, 15) is 14.0 Å². The van der Waals surface area contributed by atoms with Gasteiger partial charge < -0.3 is 5.32 Å². The molecule has 160 valence electrons. The largest absolute Gasteiger partial charge is 0.326 e. The van der Waals surface area contributed by atoms with Gasteiger partial charge in [-0.3, -0.25) is 19.1 Å². The van der Waals surface area contributed by atoms with Crippen molar-refractivity contribution in [3.05, 3.63) is 89.7 Å². The SMILES string of the molecule is Cc1ccc(CN2C(=O)C(CC(=O)Nc3ccc(F)cc3)n3c2nc2ccccc23)cc1. The Labute approximate surface area is 184 Å². The summed E-state index contributed by atoms with van der Waals surface area (Å²) >= 11 is 0. The minimum atomic E-state index is -0.705. The molecule has 5 rings (SSSR count). The van der Waals surface area contributed by atoms with Crippen molar-refractivity contribution in [1.82, 2.24) is 9.55 Å². The molecule has 3 aromatic carbocycles. The Hall–Kier alpha value is -4.00. The Bertz CT molecular complexity index is 1310. The number of imidazole rings is 1. The standard InChI is InChI=1S/C25H21FN4O2/c1-16-6-8-17(9-7-16)15-29-24(32)22(14-23(31)27-19-12-10-18(26)11-13-19)30-21-5-3-2-4-20(21)28-25(29)30/h2-13,22H,14-15H2,1H3,(H,27,31). The third kappa shape index (κ3) is 3.62. The zero-order chi connectivity index (χ0) is 22.2. The summed E-state index contributed by atoms with van der Waals surface area (Å²) in [4.78, 5) is 32.5. The molecule has 0 aliphatic carbocycles. The predicted molar refractivity (Wildman–Crippen MR) is 121 cm³/mol. The van der Waals surface area contributed by atoms with Gasteiger partial charge in [-0.1, -0.05) is 42.0 Å². The first-order valence-corrected chi connectivity index (χ1v) is 10.4. The fourth-order valence-electron chi connectivity index (χ4n) is 4.04.